The van der Waals surface area contributed by atoms with Crippen LogP contribution in [0.15, 0.2) is 36.7 Å². The molecule has 0 fully saturated rings. The highest BCUT2D eigenvalue weighted by atomic mass is 35.5. The smallest absolute Gasteiger partial charge is 0.146 e. The van der Waals surface area contributed by atoms with E-state index in [1.165, 1.54) is 0 Å². The van der Waals surface area contributed by atoms with E-state index in [-0.39, 0.29) is 6.04 Å². The minimum Gasteiger partial charge on any atom is -0.271 e. The molecule has 0 spiro atoms. The first-order valence-electron chi connectivity index (χ1n) is 5.38. The summed E-state index contributed by atoms with van der Waals surface area (Å²) in [6, 6.07) is 6.91. The number of hydrogen-bond donors (Lipinski definition) is 2. The molecular weight excluding hydrogens is 271 g/mol. The van der Waals surface area contributed by atoms with Crippen LogP contribution in [0, 0.1) is 0 Å². The maximum atomic E-state index is 6.12. The molecule has 0 aliphatic rings. The summed E-state index contributed by atoms with van der Waals surface area (Å²) in [4.78, 5) is 8.33. The van der Waals surface area contributed by atoms with Gasteiger partial charge in [-0.25, -0.2) is 15.4 Å². The minimum atomic E-state index is -0.233. The fourth-order valence-electron chi connectivity index (χ4n) is 1.65. The highest BCUT2D eigenvalue weighted by molar-refractivity contribution is 6.35. The lowest BCUT2D eigenvalue weighted by atomic mass is 10.1. The summed E-state index contributed by atoms with van der Waals surface area (Å²) < 4.78 is 0. The molecule has 6 heteroatoms. The van der Waals surface area contributed by atoms with Crippen LogP contribution in [0.4, 0.5) is 0 Å². The zero-order chi connectivity index (χ0) is 13.0. The summed E-state index contributed by atoms with van der Waals surface area (Å²) >= 11 is 12.2. The van der Waals surface area contributed by atoms with Crippen molar-refractivity contribution >= 4 is 23.2 Å². The zero-order valence-corrected chi connectivity index (χ0v) is 11.0. The van der Waals surface area contributed by atoms with Crippen LogP contribution in [0.5, 0.6) is 0 Å². The van der Waals surface area contributed by atoms with Gasteiger partial charge >= 0.3 is 0 Å². The second kappa shape index (κ2) is 6.11. The van der Waals surface area contributed by atoms with Gasteiger partial charge in [-0.1, -0.05) is 29.3 Å². The van der Waals surface area contributed by atoms with Crippen molar-refractivity contribution in [1.29, 1.82) is 0 Å². The number of benzene rings is 1. The Labute approximate surface area is 115 Å². The molecule has 0 radical (unpaired) electrons. The van der Waals surface area contributed by atoms with Crippen molar-refractivity contribution < 1.29 is 0 Å². The number of nitrogens with zero attached hydrogens (tertiary/aromatic N) is 2. The fraction of sp³-hybridized carbons (Fsp3) is 0.167. The molecule has 4 nitrogen and oxygen atoms in total. The van der Waals surface area contributed by atoms with Crippen molar-refractivity contribution in [2.45, 2.75) is 12.5 Å². The first-order valence-corrected chi connectivity index (χ1v) is 6.14. The Bertz CT molecular complexity index is 498. The molecule has 0 bridgehead atoms. The van der Waals surface area contributed by atoms with Crippen LogP contribution in [0.25, 0.3) is 0 Å². The van der Waals surface area contributed by atoms with Gasteiger partial charge < -0.3 is 0 Å². The van der Waals surface area contributed by atoms with E-state index >= 15 is 0 Å². The van der Waals surface area contributed by atoms with Crippen molar-refractivity contribution in [3.8, 4) is 0 Å². The summed E-state index contributed by atoms with van der Waals surface area (Å²) in [5, 5.41) is 1.22. The molecule has 0 amide bonds. The third kappa shape index (κ3) is 2.97. The van der Waals surface area contributed by atoms with Crippen LogP contribution < -0.4 is 11.3 Å². The monoisotopic (exact) mass is 282 g/mol. The minimum absolute atomic E-state index is 0.233. The van der Waals surface area contributed by atoms with E-state index < -0.39 is 0 Å². The lowest BCUT2D eigenvalue weighted by Gasteiger charge is -2.16. The SMILES string of the molecule is NNC(Cc1c(Cl)cccc1Cl)c1ncccn1. The Morgan fingerprint density at radius 2 is 1.72 bits per heavy atom. The van der Waals surface area contributed by atoms with Gasteiger partial charge in [0.1, 0.15) is 5.82 Å². The number of rotatable bonds is 4. The molecule has 1 unspecified atom stereocenters. The van der Waals surface area contributed by atoms with Crippen LogP contribution in [-0.4, -0.2) is 9.97 Å². The van der Waals surface area contributed by atoms with Crippen LogP contribution in [-0.2, 0) is 6.42 Å². The van der Waals surface area contributed by atoms with Gasteiger partial charge in [-0.2, -0.15) is 0 Å². The number of aromatic nitrogens is 2. The zero-order valence-electron chi connectivity index (χ0n) is 9.48. The predicted molar refractivity (Wildman–Crippen MR) is 72.3 cm³/mol. The van der Waals surface area contributed by atoms with Crippen molar-refractivity contribution in [1.82, 2.24) is 15.4 Å². The molecule has 3 N–H and O–H groups in total. The first-order chi connectivity index (χ1) is 8.72. The van der Waals surface area contributed by atoms with Gasteiger partial charge in [0.2, 0.25) is 0 Å². The molecule has 2 aromatic rings. The van der Waals surface area contributed by atoms with Gasteiger partial charge in [-0.3, -0.25) is 5.84 Å². The van der Waals surface area contributed by atoms with Crippen molar-refractivity contribution in [3.05, 3.63) is 58.1 Å². The quantitative estimate of drug-likeness (QED) is 0.668. The summed E-state index contributed by atoms with van der Waals surface area (Å²) in [5.41, 5.74) is 3.51. The van der Waals surface area contributed by atoms with Crippen LogP contribution in [0.2, 0.25) is 10.0 Å². The summed E-state index contributed by atoms with van der Waals surface area (Å²) in [7, 11) is 0. The van der Waals surface area contributed by atoms with Gasteiger partial charge in [0.05, 0.1) is 6.04 Å². The highest BCUT2D eigenvalue weighted by Gasteiger charge is 2.16. The molecule has 18 heavy (non-hydrogen) atoms. The standard InChI is InChI=1S/C12H12Cl2N4/c13-9-3-1-4-10(14)8(9)7-11(18-15)12-16-5-2-6-17-12/h1-6,11,18H,7,15H2. The maximum Gasteiger partial charge on any atom is 0.146 e. The Balaban J connectivity index is 2.26. The molecular formula is C12H12Cl2N4. The van der Waals surface area contributed by atoms with Crippen molar-refractivity contribution in [2.75, 3.05) is 0 Å². The normalized spacial score (nSPS) is 12.4. The number of hydrazine groups is 1. The molecule has 1 aromatic carbocycles. The molecule has 1 heterocycles. The van der Waals surface area contributed by atoms with Gasteiger partial charge in [0.15, 0.2) is 0 Å². The fourth-order valence-corrected chi connectivity index (χ4v) is 2.20. The number of nitrogens with two attached hydrogens (primary N) is 1. The number of nitrogens with one attached hydrogen (secondary N) is 1. The summed E-state index contributed by atoms with van der Waals surface area (Å²) in [5.74, 6) is 6.14. The average Bonchev–Trinajstić information content (AvgIpc) is 2.40. The Hall–Kier alpha value is -1.20. The molecule has 0 saturated heterocycles. The molecule has 1 aromatic heterocycles. The summed E-state index contributed by atoms with van der Waals surface area (Å²) in [6.45, 7) is 0. The van der Waals surface area contributed by atoms with Gasteiger partial charge in [0.25, 0.3) is 0 Å². The Morgan fingerprint density at radius 1 is 1.11 bits per heavy atom. The van der Waals surface area contributed by atoms with Gasteiger partial charge in [-0.05, 0) is 30.2 Å². The van der Waals surface area contributed by atoms with Gasteiger partial charge in [-0.15, -0.1) is 0 Å². The molecule has 0 aliphatic heterocycles. The van der Waals surface area contributed by atoms with E-state index in [0.717, 1.165) is 5.56 Å². The van der Waals surface area contributed by atoms with Crippen molar-refractivity contribution in [3.63, 3.8) is 0 Å². The average molecular weight is 283 g/mol. The molecule has 1 atom stereocenters. The lowest BCUT2D eigenvalue weighted by Crippen LogP contribution is -2.31. The topological polar surface area (TPSA) is 63.8 Å². The number of hydrogen-bond acceptors (Lipinski definition) is 4. The van der Waals surface area contributed by atoms with E-state index in [1.807, 2.05) is 0 Å². The Kier molecular flexibility index (Phi) is 4.49. The highest BCUT2D eigenvalue weighted by Crippen LogP contribution is 2.28. The third-order valence-corrected chi connectivity index (χ3v) is 3.28. The Morgan fingerprint density at radius 3 is 2.28 bits per heavy atom. The first kappa shape index (κ1) is 13.2. The van der Waals surface area contributed by atoms with Crippen LogP contribution in [0.3, 0.4) is 0 Å². The van der Waals surface area contributed by atoms with E-state index in [1.54, 1.807) is 36.7 Å². The van der Waals surface area contributed by atoms with Crippen LogP contribution >= 0.6 is 23.2 Å². The van der Waals surface area contributed by atoms with Gasteiger partial charge in [0, 0.05) is 22.4 Å². The largest absolute Gasteiger partial charge is 0.271 e. The number of halogens is 2. The second-order valence-corrected chi connectivity index (χ2v) is 4.54. The second-order valence-electron chi connectivity index (χ2n) is 3.73. The predicted octanol–water partition coefficient (Wildman–Crippen LogP) is 2.53. The van der Waals surface area contributed by atoms with E-state index in [0.29, 0.717) is 22.3 Å². The molecule has 0 aliphatic carbocycles. The molecule has 0 saturated carbocycles. The lowest BCUT2D eigenvalue weighted by molar-refractivity contribution is 0.522. The third-order valence-electron chi connectivity index (χ3n) is 2.57. The summed E-state index contributed by atoms with van der Waals surface area (Å²) in [6.07, 6.45) is 3.86. The van der Waals surface area contributed by atoms with Crippen molar-refractivity contribution in [2.24, 2.45) is 5.84 Å². The molecule has 94 valence electrons. The maximum absolute atomic E-state index is 6.12. The van der Waals surface area contributed by atoms with Crippen LogP contribution in [0.1, 0.15) is 17.4 Å². The molecule has 2 rings (SSSR count). The van der Waals surface area contributed by atoms with E-state index in [4.69, 9.17) is 29.0 Å². The van der Waals surface area contributed by atoms with E-state index in [2.05, 4.69) is 15.4 Å². The van der Waals surface area contributed by atoms with E-state index in [9.17, 15) is 0 Å².